The van der Waals surface area contributed by atoms with E-state index in [9.17, 15) is 10.1 Å². The van der Waals surface area contributed by atoms with E-state index in [4.69, 9.17) is 4.99 Å². The molecule has 0 radical (unpaired) electrons. The molecular weight excluding hydrogens is 462 g/mol. The predicted octanol–water partition coefficient (Wildman–Crippen LogP) is 4.71. The summed E-state index contributed by atoms with van der Waals surface area (Å²) in [5.74, 6) is 0.481. The number of nitrogens with one attached hydrogen (secondary N) is 2. The summed E-state index contributed by atoms with van der Waals surface area (Å²) in [6.45, 7) is 4.30. The second-order valence-corrected chi connectivity index (χ2v) is 9.39. The molecule has 37 heavy (non-hydrogen) atoms. The van der Waals surface area contributed by atoms with Crippen LogP contribution in [0.3, 0.4) is 0 Å². The lowest BCUT2D eigenvalue weighted by Gasteiger charge is -2.42. The summed E-state index contributed by atoms with van der Waals surface area (Å²) >= 11 is 0. The number of nitriles is 1. The number of nitrogens with zero attached hydrogens (tertiary/aromatic N) is 5. The van der Waals surface area contributed by atoms with Crippen LogP contribution in [0.4, 0.5) is 16.2 Å². The minimum atomic E-state index is -0.220. The molecule has 1 atom stereocenters. The molecule has 0 bridgehead atoms. The highest BCUT2D eigenvalue weighted by molar-refractivity contribution is 5.90. The number of hydrogen-bond acceptors (Lipinski definition) is 4. The van der Waals surface area contributed by atoms with E-state index in [1.54, 1.807) is 0 Å². The third kappa shape index (κ3) is 6.66. The molecule has 2 amide bonds. The van der Waals surface area contributed by atoms with Gasteiger partial charge in [-0.25, -0.2) is 9.79 Å². The number of urea groups is 1. The molecule has 0 aliphatic carbocycles. The van der Waals surface area contributed by atoms with Crippen LogP contribution in [-0.2, 0) is 6.54 Å². The SMILES string of the molecule is Cc1ccccc1N=C(NC#N)N1CCN(C(=O)Nc2cccc(CN(C)C)c2)C(c2ccccc2)C1. The Morgan fingerprint density at radius 1 is 1.05 bits per heavy atom. The van der Waals surface area contributed by atoms with Gasteiger partial charge in [0.15, 0.2) is 6.19 Å². The third-order valence-electron chi connectivity index (χ3n) is 6.31. The molecule has 0 spiro atoms. The maximum atomic E-state index is 13.5. The largest absolute Gasteiger partial charge is 0.338 e. The van der Waals surface area contributed by atoms with Crippen molar-refractivity contribution in [2.45, 2.75) is 19.5 Å². The zero-order valence-corrected chi connectivity index (χ0v) is 21.6. The maximum Gasteiger partial charge on any atom is 0.322 e. The van der Waals surface area contributed by atoms with Crippen molar-refractivity contribution in [1.82, 2.24) is 20.0 Å². The van der Waals surface area contributed by atoms with Crippen molar-refractivity contribution < 1.29 is 4.79 Å². The molecule has 1 unspecified atom stereocenters. The number of aliphatic imine (C=N–C) groups is 1. The Morgan fingerprint density at radius 3 is 2.54 bits per heavy atom. The van der Waals surface area contributed by atoms with E-state index in [0.29, 0.717) is 25.6 Å². The average Bonchev–Trinajstić information content (AvgIpc) is 2.89. The summed E-state index contributed by atoms with van der Waals surface area (Å²) in [7, 11) is 4.04. The van der Waals surface area contributed by atoms with Gasteiger partial charge in [0.25, 0.3) is 0 Å². The minimum Gasteiger partial charge on any atom is -0.338 e. The Kier molecular flexibility index (Phi) is 8.39. The first-order valence-corrected chi connectivity index (χ1v) is 12.3. The summed E-state index contributed by atoms with van der Waals surface area (Å²) in [6, 6.07) is 25.4. The molecule has 1 saturated heterocycles. The molecule has 1 aliphatic rings. The molecular formula is C29H33N7O. The van der Waals surface area contributed by atoms with E-state index in [0.717, 1.165) is 34.6 Å². The number of para-hydroxylation sites is 1. The van der Waals surface area contributed by atoms with Gasteiger partial charge in [0.05, 0.1) is 11.7 Å². The average molecular weight is 496 g/mol. The van der Waals surface area contributed by atoms with Crippen LogP contribution in [-0.4, -0.2) is 60.4 Å². The molecule has 8 nitrogen and oxygen atoms in total. The molecule has 8 heteroatoms. The number of aryl methyl sites for hydroxylation is 1. The number of hydrogen-bond donors (Lipinski definition) is 2. The van der Waals surface area contributed by atoms with E-state index < -0.39 is 0 Å². The standard InChI is InChI=1S/C29H33N7O/c1-22-10-7-8-15-26(22)33-28(31-21-30)35-16-17-36(27(20-35)24-12-5-4-6-13-24)29(37)32-25-14-9-11-23(18-25)19-34(2)3/h4-15,18,27H,16-17,19-20H2,1-3H3,(H,31,33)(H,32,37). The first-order chi connectivity index (χ1) is 17.9. The Bertz CT molecular complexity index is 1280. The Hall–Kier alpha value is -4.35. The summed E-state index contributed by atoms with van der Waals surface area (Å²) in [5, 5.41) is 15.3. The summed E-state index contributed by atoms with van der Waals surface area (Å²) in [6.07, 6.45) is 2.03. The molecule has 0 aromatic heterocycles. The van der Waals surface area contributed by atoms with Crippen LogP contribution in [0, 0.1) is 18.4 Å². The van der Waals surface area contributed by atoms with Crippen LogP contribution >= 0.6 is 0 Å². The van der Waals surface area contributed by atoms with Gasteiger partial charge >= 0.3 is 6.03 Å². The molecule has 190 valence electrons. The second kappa shape index (κ2) is 12.1. The fourth-order valence-electron chi connectivity index (χ4n) is 4.52. The monoisotopic (exact) mass is 495 g/mol. The van der Waals surface area contributed by atoms with Gasteiger partial charge in [-0.3, -0.25) is 5.32 Å². The van der Waals surface area contributed by atoms with Crippen molar-refractivity contribution in [3.8, 4) is 6.19 Å². The van der Waals surface area contributed by atoms with Crippen LogP contribution in [0.5, 0.6) is 0 Å². The number of piperazine rings is 1. The van der Waals surface area contributed by atoms with Crippen molar-refractivity contribution >= 4 is 23.4 Å². The third-order valence-corrected chi connectivity index (χ3v) is 6.31. The van der Waals surface area contributed by atoms with Gasteiger partial charge in [-0.15, -0.1) is 0 Å². The summed E-state index contributed by atoms with van der Waals surface area (Å²) < 4.78 is 0. The van der Waals surface area contributed by atoms with Crippen LogP contribution in [0.15, 0.2) is 83.9 Å². The molecule has 4 rings (SSSR count). The second-order valence-electron chi connectivity index (χ2n) is 9.39. The Labute approximate surface area is 218 Å². The highest BCUT2D eigenvalue weighted by atomic mass is 16.2. The Balaban J connectivity index is 1.58. The first-order valence-electron chi connectivity index (χ1n) is 12.3. The molecule has 1 heterocycles. The van der Waals surface area contributed by atoms with E-state index in [1.807, 2.05) is 110 Å². The van der Waals surface area contributed by atoms with Gasteiger partial charge in [0.2, 0.25) is 5.96 Å². The fraction of sp³-hybridized carbons (Fsp3) is 0.276. The van der Waals surface area contributed by atoms with Gasteiger partial charge < -0.3 is 20.0 Å². The zero-order chi connectivity index (χ0) is 26.2. The van der Waals surface area contributed by atoms with Crippen LogP contribution < -0.4 is 10.6 Å². The number of carbonyl (C=O) groups is 1. The van der Waals surface area contributed by atoms with Gasteiger partial charge in [0.1, 0.15) is 0 Å². The Morgan fingerprint density at radius 2 is 1.81 bits per heavy atom. The lowest BCUT2D eigenvalue weighted by atomic mass is 10.0. The van der Waals surface area contributed by atoms with Crippen LogP contribution in [0.2, 0.25) is 0 Å². The zero-order valence-electron chi connectivity index (χ0n) is 21.6. The van der Waals surface area contributed by atoms with Crippen LogP contribution in [0.25, 0.3) is 0 Å². The lowest BCUT2D eigenvalue weighted by molar-refractivity contribution is 0.135. The van der Waals surface area contributed by atoms with Gasteiger partial charge in [-0.05, 0) is 55.9 Å². The highest BCUT2D eigenvalue weighted by Crippen LogP contribution is 2.27. The molecule has 1 fully saturated rings. The first kappa shape index (κ1) is 25.7. The van der Waals surface area contributed by atoms with Gasteiger partial charge in [-0.1, -0.05) is 60.7 Å². The van der Waals surface area contributed by atoms with Gasteiger partial charge in [0, 0.05) is 31.9 Å². The normalized spacial score (nSPS) is 15.9. The quantitative estimate of drug-likeness (QED) is 0.232. The number of benzene rings is 3. The summed E-state index contributed by atoms with van der Waals surface area (Å²) in [5.41, 5.74) is 4.75. The molecule has 3 aromatic carbocycles. The smallest absolute Gasteiger partial charge is 0.322 e. The van der Waals surface area contributed by atoms with Crippen molar-refractivity contribution in [3.63, 3.8) is 0 Å². The summed E-state index contributed by atoms with van der Waals surface area (Å²) in [4.78, 5) is 24.3. The number of guanidine groups is 1. The molecule has 1 aliphatic heterocycles. The minimum absolute atomic E-state index is 0.152. The van der Waals surface area contributed by atoms with E-state index in [1.165, 1.54) is 0 Å². The van der Waals surface area contributed by atoms with Crippen molar-refractivity contribution in [2.75, 3.05) is 39.0 Å². The molecule has 3 aromatic rings. The van der Waals surface area contributed by atoms with Crippen molar-refractivity contribution in [3.05, 3.63) is 95.6 Å². The number of carbonyl (C=O) groups excluding carboxylic acids is 1. The fourth-order valence-corrected chi connectivity index (χ4v) is 4.52. The molecule has 0 saturated carbocycles. The number of rotatable bonds is 5. The van der Waals surface area contributed by atoms with Gasteiger partial charge in [-0.2, -0.15) is 5.26 Å². The van der Waals surface area contributed by atoms with Crippen LogP contribution in [0.1, 0.15) is 22.7 Å². The van der Waals surface area contributed by atoms with E-state index in [-0.39, 0.29) is 12.1 Å². The number of anilines is 1. The topological polar surface area (TPSA) is 87.0 Å². The number of amides is 2. The predicted molar refractivity (Wildman–Crippen MR) is 147 cm³/mol. The maximum absolute atomic E-state index is 13.5. The highest BCUT2D eigenvalue weighted by Gasteiger charge is 2.33. The van der Waals surface area contributed by atoms with Crippen molar-refractivity contribution in [2.24, 2.45) is 4.99 Å². The van der Waals surface area contributed by atoms with E-state index >= 15 is 0 Å². The molecule has 2 N–H and O–H groups in total. The van der Waals surface area contributed by atoms with Crippen molar-refractivity contribution in [1.29, 1.82) is 5.26 Å². The lowest BCUT2D eigenvalue weighted by Crippen LogP contribution is -2.55. The van der Waals surface area contributed by atoms with E-state index in [2.05, 4.69) is 21.6 Å².